The number of nitrogens with zero attached hydrogens (tertiary/aromatic N) is 2. The third kappa shape index (κ3) is 4.76. The van der Waals surface area contributed by atoms with Crippen LogP contribution in [0, 0.1) is 0 Å². The summed E-state index contributed by atoms with van der Waals surface area (Å²) in [6, 6.07) is 6.75. The molecule has 0 aromatic heterocycles. The summed E-state index contributed by atoms with van der Waals surface area (Å²) in [6.07, 6.45) is 1.19. The summed E-state index contributed by atoms with van der Waals surface area (Å²) in [5, 5.41) is 29.1. The number of rotatable bonds is 9. The Bertz CT molecular complexity index is 825. The molecule has 0 radical (unpaired) electrons. The zero-order valence-corrected chi connectivity index (χ0v) is 18.1. The Morgan fingerprint density at radius 1 is 0.633 bits per heavy atom. The van der Waals surface area contributed by atoms with Crippen LogP contribution in [0.5, 0.6) is 34.5 Å². The second-order valence-electron chi connectivity index (χ2n) is 6.26. The van der Waals surface area contributed by atoms with Gasteiger partial charge in [0.15, 0.2) is 23.0 Å². The standard InChI is InChI=1S/C22H28N2O6/c1-7-15(13-9-17(27-3)21(25)18(10-13)28-4)23-24-16(8-2)14-11-19(29-5)22(26)20(12-14)30-6/h9-12,25-26H,7-8H2,1-6H3/b23-15-,24-16-. The summed E-state index contributed by atoms with van der Waals surface area (Å²) in [6.45, 7) is 3.91. The molecule has 0 saturated heterocycles. The summed E-state index contributed by atoms with van der Waals surface area (Å²) in [4.78, 5) is 0. The molecular formula is C22H28N2O6. The zero-order chi connectivity index (χ0) is 22.3. The fourth-order valence-electron chi connectivity index (χ4n) is 2.91. The molecule has 8 nitrogen and oxygen atoms in total. The van der Waals surface area contributed by atoms with Crippen molar-refractivity contribution in [3.63, 3.8) is 0 Å². The van der Waals surface area contributed by atoms with Crippen LogP contribution in [-0.2, 0) is 0 Å². The van der Waals surface area contributed by atoms with Crippen LogP contribution in [0.25, 0.3) is 0 Å². The van der Waals surface area contributed by atoms with E-state index in [-0.39, 0.29) is 11.5 Å². The Hall–Kier alpha value is -3.42. The maximum Gasteiger partial charge on any atom is 0.200 e. The van der Waals surface area contributed by atoms with E-state index in [9.17, 15) is 10.2 Å². The summed E-state index contributed by atoms with van der Waals surface area (Å²) >= 11 is 0. The molecule has 0 aliphatic rings. The summed E-state index contributed by atoms with van der Waals surface area (Å²) in [5.41, 5.74) is 2.83. The smallest absolute Gasteiger partial charge is 0.200 e. The van der Waals surface area contributed by atoms with Crippen LogP contribution < -0.4 is 18.9 Å². The largest absolute Gasteiger partial charge is 0.502 e. The lowest BCUT2D eigenvalue weighted by Gasteiger charge is -2.12. The Balaban J connectivity index is 2.54. The van der Waals surface area contributed by atoms with Crippen molar-refractivity contribution in [2.24, 2.45) is 10.2 Å². The van der Waals surface area contributed by atoms with E-state index in [1.165, 1.54) is 28.4 Å². The van der Waals surface area contributed by atoms with Gasteiger partial charge in [0.2, 0.25) is 11.5 Å². The molecule has 0 atom stereocenters. The van der Waals surface area contributed by atoms with E-state index in [1.54, 1.807) is 24.3 Å². The average molecular weight is 416 g/mol. The average Bonchev–Trinajstić information content (AvgIpc) is 2.77. The van der Waals surface area contributed by atoms with Crippen LogP contribution in [0.1, 0.15) is 37.8 Å². The lowest BCUT2D eigenvalue weighted by Crippen LogP contribution is -2.04. The molecule has 0 aliphatic heterocycles. The van der Waals surface area contributed by atoms with Crippen molar-refractivity contribution in [3.05, 3.63) is 35.4 Å². The van der Waals surface area contributed by atoms with Crippen LogP contribution in [0.2, 0.25) is 0 Å². The fourth-order valence-corrected chi connectivity index (χ4v) is 2.91. The molecule has 30 heavy (non-hydrogen) atoms. The van der Waals surface area contributed by atoms with Gasteiger partial charge in [-0.25, -0.2) is 0 Å². The number of hydrogen-bond acceptors (Lipinski definition) is 8. The van der Waals surface area contributed by atoms with E-state index in [0.717, 1.165) is 11.1 Å². The molecular weight excluding hydrogens is 388 g/mol. The minimum absolute atomic E-state index is 0.0692. The van der Waals surface area contributed by atoms with E-state index in [4.69, 9.17) is 18.9 Å². The molecule has 2 N–H and O–H groups in total. The van der Waals surface area contributed by atoms with Crippen LogP contribution in [0.4, 0.5) is 0 Å². The van der Waals surface area contributed by atoms with Crippen LogP contribution in [0.3, 0.4) is 0 Å². The van der Waals surface area contributed by atoms with Gasteiger partial charge >= 0.3 is 0 Å². The lowest BCUT2D eigenvalue weighted by molar-refractivity contribution is 0.340. The van der Waals surface area contributed by atoms with E-state index in [0.29, 0.717) is 47.3 Å². The Kier molecular flexibility index (Phi) is 7.91. The maximum absolute atomic E-state index is 10.1. The van der Waals surface area contributed by atoms with Gasteiger partial charge in [-0.1, -0.05) is 13.8 Å². The predicted molar refractivity (Wildman–Crippen MR) is 116 cm³/mol. The first-order valence-corrected chi connectivity index (χ1v) is 9.47. The Morgan fingerprint density at radius 3 is 1.10 bits per heavy atom. The van der Waals surface area contributed by atoms with Crippen molar-refractivity contribution in [2.45, 2.75) is 26.7 Å². The third-order valence-electron chi connectivity index (χ3n) is 4.59. The third-order valence-corrected chi connectivity index (χ3v) is 4.59. The second kappa shape index (κ2) is 10.4. The monoisotopic (exact) mass is 416 g/mol. The lowest BCUT2D eigenvalue weighted by atomic mass is 10.1. The number of phenolic OH excluding ortho intramolecular Hbond substituents is 2. The molecule has 0 unspecified atom stereocenters. The Morgan fingerprint density at radius 2 is 0.900 bits per heavy atom. The summed E-state index contributed by atoms with van der Waals surface area (Å²) in [7, 11) is 5.89. The molecule has 2 aromatic rings. The van der Waals surface area contributed by atoms with Gasteiger partial charge in [-0.05, 0) is 37.1 Å². The first kappa shape index (κ1) is 22.9. The number of methoxy groups -OCH3 is 4. The first-order valence-electron chi connectivity index (χ1n) is 9.47. The van der Waals surface area contributed by atoms with Gasteiger partial charge in [-0.15, -0.1) is 0 Å². The van der Waals surface area contributed by atoms with Gasteiger partial charge in [-0.2, -0.15) is 10.2 Å². The highest BCUT2D eigenvalue weighted by molar-refractivity contribution is 6.04. The molecule has 0 saturated carbocycles. The van der Waals surface area contributed by atoms with Gasteiger partial charge in [-0.3, -0.25) is 0 Å². The van der Waals surface area contributed by atoms with Gasteiger partial charge in [0, 0.05) is 11.1 Å². The van der Waals surface area contributed by atoms with E-state index < -0.39 is 0 Å². The zero-order valence-electron chi connectivity index (χ0n) is 18.1. The number of hydrogen-bond donors (Lipinski definition) is 2. The van der Waals surface area contributed by atoms with Crippen LogP contribution in [0.15, 0.2) is 34.5 Å². The molecule has 2 aromatic carbocycles. The molecule has 0 amide bonds. The van der Waals surface area contributed by atoms with Crippen molar-refractivity contribution in [3.8, 4) is 34.5 Å². The summed E-state index contributed by atoms with van der Waals surface area (Å²) < 4.78 is 20.9. The van der Waals surface area contributed by atoms with Gasteiger partial charge in [0.25, 0.3) is 0 Å². The minimum Gasteiger partial charge on any atom is -0.502 e. The van der Waals surface area contributed by atoms with Crippen molar-refractivity contribution in [1.82, 2.24) is 0 Å². The highest BCUT2D eigenvalue weighted by Gasteiger charge is 2.16. The molecule has 0 aliphatic carbocycles. The number of benzene rings is 2. The molecule has 162 valence electrons. The quantitative estimate of drug-likeness (QED) is 0.470. The van der Waals surface area contributed by atoms with E-state index >= 15 is 0 Å². The van der Waals surface area contributed by atoms with E-state index in [1.807, 2.05) is 13.8 Å². The van der Waals surface area contributed by atoms with Crippen molar-refractivity contribution < 1.29 is 29.2 Å². The SMILES string of the molecule is CC/C(=N/N=C(/CC)c1cc(OC)c(O)c(OC)c1)c1cc(OC)c(O)c(OC)c1. The maximum atomic E-state index is 10.1. The van der Waals surface area contributed by atoms with Crippen LogP contribution >= 0.6 is 0 Å². The fraction of sp³-hybridized carbons (Fsp3) is 0.364. The number of phenols is 2. The highest BCUT2D eigenvalue weighted by atomic mass is 16.5. The number of aromatic hydroxyl groups is 2. The van der Waals surface area contributed by atoms with Gasteiger partial charge in [0.05, 0.1) is 39.9 Å². The van der Waals surface area contributed by atoms with Gasteiger partial charge < -0.3 is 29.2 Å². The van der Waals surface area contributed by atoms with Crippen molar-refractivity contribution in [2.75, 3.05) is 28.4 Å². The molecule has 2 rings (SSSR count). The topological polar surface area (TPSA) is 102 Å². The van der Waals surface area contributed by atoms with Crippen LogP contribution in [-0.4, -0.2) is 50.1 Å². The van der Waals surface area contributed by atoms with Crippen molar-refractivity contribution in [1.29, 1.82) is 0 Å². The molecule has 0 spiro atoms. The number of ether oxygens (including phenoxy) is 4. The first-order chi connectivity index (χ1) is 14.4. The predicted octanol–water partition coefficient (Wildman–Crippen LogP) is 4.15. The Labute approximate surface area is 176 Å². The van der Waals surface area contributed by atoms with Gasteiger partial charge in [0.1, 0.15) is 0 Å². The molecule has 8 heteroatoms. The normalized spacial score (nSPS) is 11.9. The summed E-state index contributed by atoms with van der Waals surface area (Å²) in [5.74, 6) is 1.02. The second-order valence-corrected chi connectivity index (χ2v) is 6.26. The van der Waals surface area contributed by atoms with E-state index in [2.05, 4.69) is 10.2 Å². The van der Waals surface area contributed by atoms with Crippen molar-refractivity contribution >= 4 is 11.4 Å². The molecule has 0 bridgehead atoms. The molecule has 0 heterocycles. The molecule has 0 fully saturated rings. The highest BCUT2D eigenvalue weighted by Crippen LogP contribution is 2.38. The minimum atomic E-state index is -0.0692.